The number of hydrogen-bond donors (Lipinski definition) is 1. The molecule has 1 unspecified atom stereocenters. The van der Waals surface area contributed by atoms with Gasteiger partial charge in [-0.25, -0.2) is 0 Å². The first-order chi connectivity index (χ1) is 7.88. The fourth-order valence-corrected chi connectivity index (χ4v) is 2.24. The fourth-order valence-electron chi connectivity index (χ4n) is 2.24. The SMILES string of the molecule is CCCCC1CCCCN1CC.CS(=O)(=O)O. The van der Waals surface area contributed by atoms with Crippen molar-refractivity contribution >= 4 is 10.1 Å². The van der Waals surface area contributed by atoms with Crippen molar-refractivity contribution in [1.29, 1.82) is 0 Å². The Balaban J connectivity index is 0.000000437. The first-order valence-electron chi connectivity index (χ1n) is 6.55. The van der Waals surface area contributed by atoms with Crippen molar-refractivity contribution in [2.75, 3.05) is 19.3 Å². The van der Waals surface area contributed by atoms with Crippen LogP contribution in [0.5, 0.6) is 0 Å². The Morgan fingerprint density at radius 3 is 2.35 bits per heavy atom. The highest BCUT2D eigenvalue weighted by Gasteiger charge is 2.19. The van der Waals surface area contributed by atoms with Crippen LogP contribution in [-0.4, -0.2) is 43.3 Å². The van der Waals surface area contributed by atoms with Gasteiger partial charge in [0.1, 0.15) is 0 Å². The van der Waals surface area contributed by atoms with Gasteiger partial charge in [-0.1, -0.05) is 33.1 Å². The lowest BCUT2D eigenvalue weighted by Gasteiger charge is -2.34. The Labute approximate surface area is 106 Å². The number of unbranched alkanes of at least 4 members (excludes halogenated alkanes) is 1. The van der Waals surface area contributed by atoms with Gasteiger partial charge in [-0.3, -0.25) is 4.55 Å². The zero-order valence-corrected chi connectivity index (χ0v) is 12.2. The van der Waals surface area contributed by atoms with Gasteiger partial charge in [-0.15, -0.1) is 0 Å². The van der Waals surface area contributed by atoms with Gasteiger partial charge in [-0.05, 0) is 32.4 Å². The Kier molecular flexibility index (Phi) is 8.82. The van der Waals surface area contributed by atoms with Crippen molar-refractivity contribution < 1.29 is 13.0 Å². The molecule has 0 amide bonds. The first-order valence-corrected chi connectivity index (χ1v) is 8.39. The second-order valence-electron chi connectivity index (χ2n) is 4.65. The number of piperidine rings is 1. The number of rotatable bonds is 4. The van der Waals surface area contributed by atoms with E-state index < -0.39 is 10.1 Å². The molecule has 17 heavy (non-hydrogen) atoms. The molecule has 1 saturated heterocycles. The average Bonchev–Trinajstić information content (AvgIpc) is 2.24. The minimum Gasteiger partial charge on any atom is -0.301 e. The quantitative estimate of drug-likeness (QED) is 0.794. The zero-order valence-electron chi connectivity index (χ0n) is 11.4. The molecule has 0 aromatic rings. The highest BCUT2D eigenvalue weighted by atomic mass is 32.2. The average molecular weight is 265 g/mol. The topological polar surface area (TPSA) is 57.6 Å². The van der Waals surface area contributed by atoms with Crippen LogP contribution in [0.15, 0.2) is 0 Å². The first kappa shape index (κ1) is 16.9. The van der Waals surface area contributed by atoms with Crippen LogP contribution in [0.3, 0.4) is 0 Å². The standard InChI is InChI=1S/C11H23N.CH4O3S/c1-3-5-8-11-9-6-7-10-12(11)4-2;1-5(2,3)4/h11H,3-10H2,1-2H3;1H3,(H,2,3,4). The van der Waals surface area contributed by atoms with E-state index in [0.29, 0.717) is 6.26 Å². The van der Waals surface area contributed by atoms with Crippen LogP contribution in [0.1, 0.15) is 52.4 Å². The highest BCUT2D eigenvalue weighted by Crippen LogP contribution is 2.20. The van der Waals surface area contributed by atoms with Crippen molar-refractivity contribution in [2.45, 2.75) is 58.4 Å². The maximum Gasteiger partial charge on any atom is 0.261 e. The van der Waals surface area contributed by atoms with E-state index >= 15 is 0 Å². The lowest BCUT2D eigenvalue weighted by atomic mass is 9.97. The van der Waals surface area contributed by atoms with Gasteiger partial charge >= 0.3 is 0 Å². The van der Waals surface area contributed by atoms with E-state index in [0.717, 1.165) is 6.04 Å². The fraction of sp³-hybridized carbons (Fsp3) is 1.00. The molecule has 1 aliphatic heterocycles. The molecule has 0 spiro atoms. The van der Waals surface area contributed by atoms with Gasteiger partial charge in [0, 0.05) is 6.04 Å². The summed E-state index contributed by atoms with van der Waals surface area (Å²) in [7, 11) is -3.67. The van der Waals surface area contributed by atoms with Gasteiger partial charge in [0.25, 0.3) is 10.1 Å². The summed E-state index contributed by atoms with van der Waals surface area (Å²) in [5.74, 6) is 0. The third-order valence-electron chi connectivity index (χ3n) is 3.05. The van der Waals surface area contributed by atoms with Crippen molar-refractivity contribution in [1.82, 2.24) is 4.90 Å². The Morgan fingerprint density at radius 1 is 1.29 bits per heavy atom. The molecule has 1 heterocycles. The van der Waals surface area contributed by atoms with Crippen molar-refractivity contribution in [3.05, 3.63) is 0 Å². The van der Waals surface area contributed by atoms with Gasteiger partial charge in [0.15, 0.2) is 0 Å². The monoisotopic (exact) mass is 265 g/mol. The Bertz CT molecular complexity index is 269. The van der Waals surface area contributed by atoms with Gasteiger partial charge < -0.3 is 4.90 Å². The maximum atomic E-state index is 9.19. The number of likely N-dealkylation sites (tertiary alicyclic amines) is 1. The summed E-state index contributed by atoms with van der Waals surface area (Å²) in [5, 5.41) is 0. The Morgan fingerprint density at radius 2 is 1.88 bits per heavy atom. The normalized spacial score (nSPS) is 21.8. The predicted octanol–water partition coefficient (Wildman–Crippen LogP) is 2.56. The van der Waals surface area contributed by atoms with Crippen molar-refractivity contribution in [3.8, 4) is 0 Å². The van der Waals surface area contributed by atoms with Gasteiger partial charge in [0.2, 0.25) is 0 Å². The van der Waals surface area contributed by atoms with E-state index in [-0.39, 0.29) is 0 Å². The molecule has 1 N–H and O–H groups in total. The highest BCUT2D eigenvalue weighted by molar-refractivity contribution is 7.85. The summed E-state index contributed by atoms with van der Waals surface area (Å²) < 4.78 is 25.9. The zero-order chi connectivity index (χ0) is 13.3. The van der Waals surface area contributed by atoms with Crippen LogP contribution in [-0.2, 0) is 10.1 Å². The maximum absolute atomic E-state index is 9.19. The molecule has 0 aromatic carbocycles. The molecule has 4 nitrogen and oxygen atoms in total. The van der Waals surface area contributed by atoms with Crippen LogP contribution in [0, 0.1) is 0 Å². The predicted molar refractivity (Wildman–Crippen MR) is 71.9 cm³/mol. The van der Waals surface area contributed by atoms with Crippen LogP contribution in [0.2, 0.25) is 0 Å². The van der Waals surface area contributed by atoms with Crippen LogP contribution in [0.25, 0.3) is 0 Å². The lowest BCUT2D eigenvalue weighted by molar-refractivity contribution is 0.146. The van der Waals surface area contributed by atoms with Crippen LogP contribution < -0.4 is 0 Å². The molecule has 1 aliphatic rings. The summed E-state index contributed by atoms with van der Waals surface area (Å²) >= 11 is 0. The van der Waals surface area contributed by atoms with E-state index in [2.05, 4.69) is 18.7 Å². The molecule has 104 valence electrons. The van der Waals surface area contributed by atoms with E-state index in [4.69, 9.17) is 4.55 Å². The minimum atomic E-state index is -3.67. The molecule has 0 bridgehead atoms. The van der Waals surface area contributed by atoms with Gasteiger partial charge in [0.05, 0.1) is 6.26 Å². The molecule has 1 atom stereocenters. The van der Waals surface area contributed by atoms with E-state index in [9.17, 15) is 8.42 Å². The summed E-state index contributed by atoms with van der Waals surface area (Å²) in [6.07, 6.45) is 9.27. The Hall–Kier alpha value is -0.130. The number of nitrogens with zero attached hydrogens (tertiary/aromatic N) is 1. The molecule has 1 rings (SSSR count). The minimum absolute atomic E-state index is 0.715. The van der Waals surface area contributed by atoms with Crippen LogP contribution in [0.4, 0.5) is 0 Å². The smallest absolute Gasteiger partial charge is 0.261 e. The van der Waals surface area contributed by atoms with E-state index in [1.54, 1.807) is 0 Å². The third kappa shape index (κ3) is 10.7. The lowest BCUT2D eigenvalue weighted by Crippen LogP contribution is -2.39. The van der Waals surface area contributed by atoms with Crippen LogP contribution >= 0.6 is 0 Å². The molecular weight excluding hydrogens is 238 g/mol. The third-order valence-corrected chi connectivity index (χ3v) is 3.05. The molecule has 0 saturated carbocycles. The summed E-state index contributed by atoms with van der Waals surface area (Å²) in [6, 6.07) is 0.920. The largest absolute Gasteiger partial charge is 0.301 e. The van der Waals surface area contributed by atoms with E-state index in [1.807, 2.05) is 0 Å². The van der Waals surface area contributed by atoms with Gasteiger partial charge in [-0.2, -0.15) is 8.42 Å². The summed E-state index contributed by atoms with van der Waals surface area (Å²) in [6.45, 7) is 7.20. The van der Waals surface area contributed by atoms with Crippen molar-refractivity contribution in [3.63, 3.8) is 0 Å². The summed E-state index contributed by atoms with van der Waals surface area (Å²) in [5.41, 5.74) is 0. The molecule has 5 heteroatoms. The van der Waals surface area contributed by atoms with Crippen molar-refractivity contribution in [2.24, 2.45) is 0 Å². The molecular formula is C12H27NO3S. The molecule has 0 aliphatic carbocycles. The second-order valence-corrected chi connectivity index (χ2v) is 6.12. The van der Waals surface area contributed by atoms with E-state index in [1.165, 1.54) is 51.6 Å². The molecule has 1 fully saturated rings. The summed E-state index contributed by atoms with van der Waals surface area (Å²) in [4.78, 5) is 2.67. The second kappa shape index (κ2) is 8.89. The molecule has 0 aromatic heterocycles. The number of hydrogen-bond acceptors (Lipinski definition) is 3. The molecule has 0 radical (unpaired) electrons.